The molecule has 1 aromatic carbocycles. The molecule has 0 amide bonds. The van der Waals surface area contributed by atoms with Gasteiger partial charge in [0.25, 0.3) is 0 Å². The van der Waals surface area contributed by atoms with Crippen molar-refractivity contribution in [3.05, 3.63) is 53.5 Å². The van der Waals surface area contributed by atoms with Crippen LogP contribution in [0.5, 0.6) is 0 Å². The topological polar surface area (TPSA) is 67.4 Å². The Hall–Kier alpha value is -2.03. The molecule has 26 heavy (non-hydrogen) atoms. The number of aromatic nitrogens is 2. The molecular formula is C19H26IN5O. The highest BCUT2D eigenvalue weighted by molar-refractivity contribution is 14.0. The zero-order valence-electron chi connectivity index (χ0n) is 15.5. The fourth-order valence-corrected chi connectivity index (χ4v) is 2.85. The Kier molecular flexibility index (Phi) is 7.50. The predicted molar refractivity (Wildman–Crippen MR) is 116 cm³/mol. The molecule has 0 radical (unpaired) electrons. The standard InChI is InChI=1S/C19H25N5O.HI/c1-14-11-15(2)24(23-14)10-6-9-21-19(20-3)22-13-17-12-16-7-4-5-8-18(16)25-17;/h4-5,7-8,11-12H,6,9-10,13H2,1-3H3,(H2,20,21,22);1H. The Bertz CT molecular complexity index is 835. The van der Waals surface area contributed by atoms with Crippen LogP contribution in [0.4, 0.5) is 0 Å². The van der Waals surface area contributed by atoms with Crippen molar-refractivity contribution in [2.75, 3.05) is 13.6 Å². The number of halogens is 1. The van der Waals surface area contributed by atoms with Crippen LogP contribution in [0.2, 0.25) is 0 Å². The van der Waals surface area contributed by atoms with Crippen molar-refractivity contribution < 1.29 is 4.42 Å². The fourth-order valence-electron chi connectivity index (χ4n) is 2.85. The van der Waals surface area contributed by atoms with E-state index in [-0.39, 0.29) is 24.0 Å². The van der Waals surface area contributed by atoms with Gasteiger partial charge in [-0.05, 0) is 38.5 Å². The minimum atomic E-state index is 0. The summed E-state index contributed by atoms with van der Waals surface area (Å²) >= 11 is 0. The first-order valence-corrected chi connectivity index (χ1v) is 8.59. The molecule has 0 aliphatic heterocycles. The van der Waals surface area contributed by atoms with Crippen molar-refractivity contribution in [3.8, 4) is 0 Å². The number of guanidine groups is 1. The Morgan fingerprint density at radius 2 is 2.00 bits per heavy atom. The summed E-state index contributed by atoms with van der Waals surface area (Å²) < 4.78 is 7.85. The number of hydrogen-bond donors (Lipinski definition) is 2. The van der Waals surface area contributed by atoms with Crippen LogP contribution in [-0.4, -0.2) is 29.3 Å². The van der Waals surface area contributed by atoms with Gasteiger partial charge in [0.1, 0.15) is 11.3 Å². The van der Waals surface area contributed by atoms with Gasteiger partial charge in [0, 0.05) is 31.2 Å². The first-order chi connectivity index (χ1) is 12.2. The van der Waals surface area contributed by atoms with Gasteiger partial charge in [-0.25, -0.2) is 0 Å². The van der Waals surface area contributed by atoms with Crippen LogP contribution < -0.4 is 10.6 Å². The second-order valence-electron chi connectivity index (χ2n) is 6.11. The Morgan fingerprint density at radius 3 is 2.69 bits per heavy atom. The van der Waals surface area contributed by atoms with Gasteiger partial charge in [0.15, 0.2) is 5.96 Å². The van der Waals surface area contributed by atoms with Crippen molar-refractivity contribution in [3.63, 3.8) is 0 Å². The Morgan fingerprint density at radius 1 is 1.19 bits per heavy atom. The molecule has 0 saturated heterocycles. The van der Waals surface area contributed by atoms with Crippen LogP contribution in [0, 0.1) is 13.8 Å². The quantitative estimate of drug-likeness (QED) is 0.252. The van der Waals surface area contributed by atoms with Crippen LogP contribution in [0.1, 0.15) is 23.6 Å². The van der Waals surface area contributed by atoms with Crippen molar-refractivity contribution in [2.24, 2.45) is 4.99 Å². The van der Waals surface area contributed by atoms with E-state index in [0.29, 0.717) is 6.54 Å². The van der Waals surface area contributed by atoms with Crippen LogP contribution in [-0.2, 0) is 13.1 Å². The van der Waals surface area contributed by atoms with Crippen LogP contribution in [0.15, 0.2) is 45.8 Å². The van der Waals surface area contributed by atoms with Gasteiger partial charge < -0.3 is 15.1 Å². The number of para-hydroxylation sites is 1. The summed E-state index contributed by atoms with van der Waals surface area (Å²) in [5, 5.41) is 12.2. The smallest absolute Gasteiger partial charge is 0.191 e. The summed E-state index contributed by atoms with van der Waals surface area (Å²) in [5.41, 5.74) is 3.17. The van der Waals surface area contributed by atoms with Gasteiger partial charge >= 0.3 is 0 Å². The normalized spacial score (nSPS) is 11.4. The third-order valence-electron chi connectivity index (χ3n) is 4.07. The molecule has 0 atom stereocenters. The minimum Gasteiger partial charge on any atom is -0.459 e. The van der Waals surface area contributed by atoms with Crippen molar-refractivity contribution in [2.45, 2.75) is 33.4 Å². The summed E-state index contributed by atoms with van der Waals surface area (Å²) in [6.45, 7) is 6.43. The summed E-state index contributed by atoms with van der Waals surface area (Å²) in [7, 11) is 1.77. The monoisotopic (exact) mass is 467 g/mol. The van der Waals surface area contributed by atoms with Gasteiger partial charge in [0.2, 0.25) is 0 Å². The lowest BCUT2D eigenvalue weighted by atomic mass is 10.2. The Balaban J connectivity index is 0.00000243. The van der Waals surface area contributed by atoms with Crippen molar-refractivity contribution in [1.29, 1.82) is 0 Å². The number of aryl methyl sites for hydroxylation is 3. The first-order valence-electron chi connectivity index (χ1n) is 8.59. The van der Waals surface area contributed by atoms with E-state index in [0.717, 1.165) is 47.9 Å². The lowest BCUT2D eigenvalue weighted by molar-refractivity contribution is 0.534. The molecule has 3 rings (SSSR count). The van der Waals surface area contributed by atoms with Gasteiger partial charge in [-0.1, -0.05) is 18.2 Å². The molecular weight excluding hydrogens is 441 g/mol. The summed E-state index contributed by atoms with van der Waals surface area (Å²) in [6.07, 6.45) is 0.979. The van der Waals surface area contributed by atoms with Gasteiger partial charge in [0.05, 0.1) is 12.2 Å². The van der Waals surface area contributed by atoms with Gasteiger partial charge in [-0.3, -0.25) is 9.67 Å². The average molecular weight is 467 g/mol. The second-order valence-corrected chi connectivity index (χ2v) is 6.11. The molecule has 0 spiro atoms. The highest BCUT2D eigenvalue weighted by atomic mass is 127. The van der Waals surface area contributed by atoms with E-state index in [1.165, 1.54) is 5.69 Å². The zero-order chi connectivity index (χ0) is 17.6. The lowest BCUT2D eigenvalue weighted by Gasteiger charge is -2.11. The fraction of sp³-hybridized carbons (Fsp3) is 0.368. The molecule has 0 aliphatic carbocycles. The molecule has 7 heteroatoms. The predicted octanol–water partition coefficient (Wildman–Crippen LogP) is 3.62. The maximum Gasteiger partial charge on any atom is 0.191 e. The van der Waals surface area contributed by atoms with E-state index in [1.807, 2.05) is 35.9 Å². The summed E-state index contributed by atoms with van der Waals surface area (Å²) in [5.74, 6) is 1.67. The highest BCUT2D eigenvalue weighted by Gasteiger charge is 2.05. The molecule has 0 unspecified atom stereocenters. The third-order valence-corrected chi connectivity index (χ3v) is 4.07. The summed E-state index contributed by atoms with van der Waals surface area (Å²) in [6, 6.07) is 12.2. The van der Waals surface area contributed by atoms with Gasteiger partial charge in [-0.2, -0.15) is 5.10 Å². The molecule has 0 fully saturated rings. The number of aliphatic imine (C=N–C) groups is 1. The molecule has 0 bridgehead atoms. The number of nitrogens with zero attached hydrogens (tertiary/aromatic N) is 3. The number of hydrogen-bond acceptors (Lipinski definition) is 3. The minimum absolute atomic E-state index is 0. The third kappa shape index (κ3) is 5.23. The average Bonchev–Trinajstić information content (AvgIpc) is 3.16. The molecule has 140 valence electrons. The number of benzene rings is 1. The number of fused-ring (bicyclic) bond motifs is 1. The number of furan rings is 1. The molecule has 0 aliphatic rings. The number of nitrogens with one attached hydrogen (secondary N) is 2. The molecule has 2 aromatic heterocycles. The van der Waals surface area contributed by atoms with Crippen LogP contribution in [0.25, 0.3) is 11.0 Å². The molecule has 0 saturated carbocycles. The Labute approximate surface area is 171 Å². The number of rotatable bonds is 6. The van der Waals surface area contributed by atoms with E-state index in [4.69, 9.17) is 4.42 Å². The molecule has 2 heterocycles. The van der Waals surface area contributed by atoms with Crippen LogP contribution >= 0.6 is 24.0 Å². The SMILES string of the molecule is CN=C(NCCCn1nc(C)cc1C)NCc1cc2ccccc2o1.I. The summed E-state index contributed by atoms with van der Waals surface area (Å²) in [4.78, 5) is 4.25. The molecule has 3 aromatic rings. The van der Waals surface area contributed by atoms with E-state index in [2.05, 4.69) is 39.8 Å². The lowest BCUT2D eigenvalue weighted by Crippen LogP contribution is -2.37. The van der Waals surface area contributed by atoms with E-state index < -0.39 is 0 Å². The van der Waals surface area contributed by atoms with E-state index in [1.54, 1.807) is 7.05 Å². The van der Waals surface area contributed by atoms with Gasteiger partial charge in [-0.15, -0.1) is 24.0 Å². The maximum atomic E-state index is 5.81. The molecule has 6 nitrogen and oxygen atoms in total. The maximum absolute atomic E-state index is 5.81. The highest BCUT2D eigenvalue weighted by Crippen LogP contribution is 2.18. The first kappa shape index (κ1) is 20.3. The van der Waals surface area contributed by atoms with E-state index >= 15 is 0 Å². The van der Waals surface area contributed by atoms with Crippen LogP contribution in [0.3, 0.4) is 0 Å². The van der Waals surface area contributed by atoms with Crippen molar-refractivity contribution in [1.82, 2.24) is 20.4 Å². The van der Waals surface area contributed by atoms with E-state index in [9.17, 15) is 0 Å². The largest absolute Gasteiger partial charge is 0.459 e. The second kappa shape index (κ2) is 9.61. The molecule has 2 N–H and O–H groups in total. The van der Waals surface area contributed by atoms with Crippen molar-refractivity contribution >= 4 is 40.9 Å². The zero-order valence-corrected chi connectivity index (χ0v) is 17.8.